The van der Waals surface area contributed by atoms with Gasteiger partial charge in [-0.1, -0.05) is 11.6 Å². The van der Waals surface area contributed by atoms with Crippen molar-refractivity contribution in [3.63, 3.8) is 0 Å². The molecule has 0 radical (unpaired) electrons. The van der Waals surface area contributed by atoms with E-state index < -0.39 is 0 Å². The largest absolute Gasteiger partial charge is 0.497 e. The minimum atomic E-state index is -0.382. The van der Waals surface area contributed by atoms with Crippen LogP contribution in [0.25, 0.3) is 0 Å². The van der Waals surface area contributed by atoms with Crippen molar-refractivity contribution in [2.24, 2.45) is 5.10 Å². The summed E-state index contributed by atoms with van der Waals surface area (Å²) in [6, 6.07) is 12.1. The van der Waals surface area contributed by atoms with Crippen LogP contribution < -0.4 is 19.6 Å². The van der Waals surface area contributed by atoms with Gasteiger partial charge in [-0.25, -0.2) is 5.43 Å². The number of amides is 1. The molecular weight excluding hydrogens is 344 g/mol. The molecule has 25 heavy (non-hydrogen) atoms. The highest BCUT2D eigenvalue weighted by Gasteiger charge is 2.05. The summed E-state index contributed by atoms with van der Waals surface area (Å²) in [7, 11) is 1.58. The Balaban J connectivity index is 1.91. The highest BCUT2D eigenvalue weighted by atomic mass is 35.5. The first-order valence-corrected chi connectivity index (χ1v) is 8.01. The van der Waals surface area contributed by atoms with Gasteiger partial charge in [-0.15, -0.1) is 0 Å². The highest BCUT2D eigenvalue weighted by molar-refractivity contribution is 6.30. The highest BCUT2D eigenvalue weighted by Crippen LogP contribution is 2.22. The summed E-state index contributed by atoms with van der Waals surface area (Å²) < 4.78 is 16.0. The molecule has 0 saturated heterocycles. The lowest BCUT2D eigenvalue weighted by Crippen LogP contribution is -2.24. The maximum Gasteiger partial charge on any atom is 0.277 e. The normalized spacial score (nSPS) is 10.5. The van der Waals surface area contributed by atoms with E-state index in [2.05, 4.69) is 10.5 Å². The molecule has 0 spiro atoms. The van der Waals surface area contributed by atoms with Gasteiger partial charge < -0.3 is 14.2 Å². The van der Waals surface area contributed by atoms with Crippen molar-refractivity contribution in [2.45, 2.75) is 6.92 Å². The molecule has 2 aromatic carbocycles. The minimum absolute atomic E-state index is 0.157. The molecule has 0 unspecified atom stereocenters. The van der Waals surface area contributed by atoms with Crippen LogP contribution in [0.1, 0.15) is 12.5 Å². The number of carbonyl (C=O) groups is 1. The third kappa shape index (κ3) is 6.00. The molecule has 0 saturated carbocycles. The molecule has 0 aliphatic heterocycles. The molecule has 6 nitrogen and oxygen atoms in total. The predicted molar refractivity (Wildman–Crippen MR) is 96.8 cm³/mol. The second kappa shape index (κ2) is 9.54. The number of nitrogens with zero attached hydrogens (tertiary/aromatic N) is 1. The summed E-state index contributed by atoms with van der Waals surface area (Å²) in [6.45, 7) is 2.25. The molecule has 0 aliphatic carbocycles. The molecule has 132 valence electrons. The Morgan fingerprint density at radius 2 is 1.88 bits per heavy atom. The van der Waals surface area contributed by atoms with Gasteiger partial charge in [-0.05, 0) is 49.4 Å². The Bertz CT molecular complexity index is 732. The maximum atomic E-state index is 11.8. The zero-order valence-electron chi connectivity index (χ0n) is 14.0. The van der Waals surface area contributed by atoms with Gasteiger partial charge >= 0.3 is 0 Å². The van der Waals surface area contributed by atoms with Gasteiger partial charge in [-0.2, -0.15) is 5.10 Å². The van der Waals surface area contributed by atoms with Crippen LogP contribution in [-0.2, 0) is 4.79 Å². The molecule has 7 heteroatoms. The molecule has 1 N–H and O–H groups in total. The van der Waals surface area contributed by atoms with Gasteiger partial charge in [-0.3, -0.25) is 4.79 Å². The van der Waals surface area contributed by atoms with Crippen LogP contribution in [0.5, 0.6) is 17.2 Å². The quantitative estimate of drug-likeness (QED) is 0.578. The number of halogens is 1. The van der Waals surface area contributed by atoms with Crippen molar-refractivity contribution in [3.8, 4) is 17.2 Å². The SMILES string of the molecule is CCOc1ccc(OC)cc1/C=N/NC(=O)COc1ccc(Cl)cc1. The molecule has 2 aromatic rings. The zero-order chi connectivity index (χ0) is 18.1. The van der Waals surface area contributed by atoms with E-state index in [-0.39, 0.29) is 12.5 Å². The molecule has 0 heterocycles. The standard InChI is InChI=1S/C18H19ClN2O4/c1-3-24-17-9-8-16(23-2)10-13(17)11-20-21-18(22)12-25-15-6-4-14(19)5-7-15/h4-11H,3,12H2,1-2H3,(H,21,22)/b20-11+. The fraction of sp³-hybridized carbons (Fsp3) is 0.222. The van der Waals surface area contributed by atoms with E-state index in [1.54, 1.807) is 49.6 Å². The van der Waals surface area contributed by atoms with Crippen LogP contribution >= 0.6 is 11.6 Å². The monoisotopic (exact) mass is 362 g/mol. The third-order valence-corrected chi connectivity index (χ3v) is 3.35. The van der Waals surface area contributed by atoms with E-state index in [9.17, 15) is 4.79 Å². The number of methoxy groups -OCH3 is 1. The fourth-order valence-corrected chi connectivity index (χ4v) is 2.05. The number of hydrogen-bond donors (Lipinski definition) is 1. The number of carbonyl (C=O) groups excluding carboxylic acids is 1. The molecule has 0 fully saturated rings. The summed E-state index contributed by atoms with van der Waals surface area (Å²) in [5.74, 6) is 1.49. The van der Waals surface area contributed by atoms with Gasteiger partial charge in [0.15, 0.2) is 6.61 Å². The summed E-state index contributed by atoms with van der Waals surface area (Å²) in [4.78, 5) is 11.8. The van der Waals surface area contributed by atoms with Gasteiger partial charge in [0, 0.05) is 10.6 Å². The summed E-state index contributed by atoms with van der Waals surface area (Å²) >= 11 is 5.78. The second-order valence-corrected chi connectivity index (χ2v) is 5.31. The Kier molecular flexibility index (Phi) is 7.10. The van der Waals surface area contributed by atoms with Crippen LogP contribution in [0.4, 0.5) is 0 Å². The van der Waals surface area contributed by atoms with E-state index in [0.717, 1.165) is 0 Å². The van der Waals surface area contributed by atoms with E-state index in [4.69, 9.17) is 25.8 Å². The summed E-state index contributed by atoms with van der Waals surface area (Å²) in [5.41, 5.74) is 3.10. The van der Waals surface area contributed by atoms with Gasteiger partial charge in [0.2, 0.25) is 0 Å². The molecular formula is C18H19ClN2O4. The van der Waals surface area contributed by atoms with Crippen molar-refractivity contribution in [3.05, 3.63) is 53.1 Å². The number of nitrogens with one attached hydrogen (secondary N) is 1. The fourth-order valence-electron chi connectivity index (χ4n) is 1.93. The van der Waals surface area contributed by atoms with E-state index in [1.807, 2.05) is 6.92 Å². The lowest BCUT2D eigenvalue weighted by molar-refractivity contribution is -0.123. The number of benzene rings is 2. The number of ether oxygens (including phenoxy) is 3. The summed E-state index contributed by atoms with van der Waals surface area (Å²) in [5, 5.41) is 4.53. The predicted octanol–water partition coefficient (Wildman–Crippen LogP) is 3.28. The van der Waals surface area contributed by atoms with Crippen LogP contribution in [0.15, 0.2) is 47.6 Å². The molecule has 0 aromatic heterocycles. The Hall–Kier alpha value is -2.73. The van der Waals surface area contributed by atoms with Crippen LogP contribution in [0.3, 0.4) is 0 Å². The van der Waals surface area contributed by atoms with E-state index in [0.29, 0.717) is 34.4 Å². The lowest BCUT2D eigenvalue weighted by atomic mass is 10.2. The first-order valence-electron chi connectivity index (χ1n) is 7.63. The van der Waals surface area contributed by atoms with Gasteiger partial charge in [0.25, 0.3) is 5.91 Å². The number of hydrogen-bond acceptors (Lipinski definition) is 5. The Labute approximate surface area is 151 Å². The van der Waals surface area contributed by atoms with Crippen molar-refractivity contribution >= 4 is 23.7 Å². The average Bonchev–Trinajstić information content (AvgIpc) is 2.62. The first kappa shape index (κ1) is 18.6. The molecule has 1 amide bonds. The average molecular weight is 363 g/mol. The zero-order valence-corrected chi connectivity index (χ0v) is 14.7. The van der Waals surface area contributed by atoms with Crippen LogP contribution in [0.2, 0.25) is 5.02 Å². The van der Waals surface area contributed by atoms with Crippen LogP contribution in [0, 0.1) is 0 Å². The van der Waals surface area contributed by atoms with Crippen molar-refractivity contribution in [2.75, 3.05) is 20.3 Å². The van der Waals surface area contributed by atoms with E-state index >= 15 is 0 Å². The van der Waals surface area contributed by atoms with Crippen molar-refractivity contribution in [1.82, 2.24) is 5.43 Å². The first-order chi connectivity index (χ1) is 12.1. The second-order valence-electron chi connectivity index (χ2n) is 4.87. The molecule has 0 aliphatic rings. The minimum Gasteiger partial charge on any atom is -0.497 e. The molecule has 2 rings (SSSR count). The molecule has 0 atom stereocenters. The smallest absolute Gasteiger partial charge is 0.277 e. The Morgan fingerprint density at radius 3 is 2.56 bits per heavy atom. The van der Waals surface area contributed by atoms with E-state index in [1.165, 1.54) is 6.21 Å². The molecule has 0 bridgehead atoms. The Morgan fingerprint density at radius 1 is 1.16 bits per heavy atom. The third-order valence-electron chi connectivity index (χ3n) is 3.09. The number of hydrazone groups is 1. The van der Waals surface area contributed by atoms with Gasteiger partial charge in [0.05, 0.1) is 19.9 Å². The van der Waals surface area contributed by atoms with Crippen molar-refractivity contribution in [1.29, 1.82) is 0 Å². The topological polar surface area (TPSA) is 69.2 Å². The summed E-state index contributed by atoms with van der Waals surface area (Å²) in [6.07, 6.45) is 1.49. The maximum absolute atomic E-state index is 11.8. The van der Waals surface area contributed by atoms with Crippen LogP contribution in [-0.4, -0.2) is 32.4 Å². The van der Waals surface area contributed by atoms with Crippen molar-refractivity contribution < 1.29 is 19.0 Å². The van der Waals surface area contributed by atoms with Gasteiger partial charge in [0.1, 0.15) is 17.2 Å². The lowest BCUT2D eigenvalue weighted by Gasteiger charge is -2.08. The number of rotatable bonds is 8.